The molecule has 0 unspecified atom stereocenters. The first kappa shape index (κ1) is 13.5. The van der Waals surface area contributed by atoms with Gasteiger partial charge in [-0.05, 0) is 36.8 Å². The number of carbonyl (C=O) groups is 1. The molecule has 4 rings (SSSR count). The summed E-state index contributed by atoms with van der Waals surface area (Å²) in [6.07, 6.45) is 0.203. The van der Waals surface area contributed by atoms with Crippen LogP contribution in [0, 0.1) is 22.5 Å². The molecule has 0 radical (unpaired) electrons. The molecule has 0 aromatic heterocycles. The van der Waals surface area contributed by atoms with Gasteiger partial charge in [-0.1, -0.05) is 0 Å². The maximum Gasteiger partial charge on any atom is 0.315 e. The van der Waals surface area contributed by atoms with E-state index in [2.05, 4.69) is 0 Å². The van der Waals surface area contributed by atoms with Crippen LogP contribution in [0.4, 0.5) is 17.6 Å². The van der Waals surface area contributed by atoms with Crippen LogP contribution in [0.1, 0.15) is 29.6 Å². The first-order valence-electron chi connectivity index (χ1n) is 6.24. The second-order valence-corrected chi connectivity index (χ2v) is 6.00. The van der Waals surface area contributed by atoms with Gasteiger partial charge in [-0.2, -0.15) is 8.78 Å². The van der Waals surface area contributed by atoms with Gasteiger partial charge >= 0.3 is 5.92 Å². The normalized spacial score (nSPS) is 31.4. The lowest BCUT2D eigenvalue weighted by molar-refractivity contribution is -0.304. The Morgan fingerprint density at radius 2 is 1.85 bits per heavy atom. The molecule has 2 nitrogen and oxygen atoms in total. The largest absolute Gasteiger partial charge is 0.396 e. The molecule has 1 N–H and O–H groups in total. The van der Waals surface area contributed by atoms with Crippen LogP contribution in [-0.2, 0) is 0 Å². The minimum absolute atomic E-state index is 0.0675. The molecule has 3 aliphatic rings. The first-order chi connectivity index (χ1) is 9.25. The second-order valence-electron chi connectivity index (χ2n) is 6.00. The number of rotatable bonds is 4. The molecular weight excluding hydrogens is 276 g/mol. The molecule has 0 saturated heterocycles. The highest BCUT2D eigenvalue weighted by atomic mass is 19.3. The van der Waals surface area contributed by atoms with E-state index in [0.29, 0.717) is 6.07 Å². The summed E-state index contributed by atoms with van der Waals surface area (Å²) in [6, 6.07) is 1.94. The Labute approximate surface area is 112 Å². The lowest BCUT2D eigenvalue weighted by atomic mass is 9.33. The van der Waals surface area contributed by atoms with Crippen LogP contribution in [0.3, 0.4) is 0 Å². The number of halogens is 4. The van der Waals surface area contributed by atoms with Gasteiger partial charge < -0.3 is 5.11 Å². The molecular formula is C14H12F4O2. The molecule has 6 heteroatoms. The molecule has 1 aromatic carbocycles. The van der Waals surface area contributed by atoms with Gasteiger partial charge in [0, 0.05) is 18.1 Å². The van der Waals surface area contributed by atoms with E-state index in [4.69, 9.17) is 5.11 Å². The third-order valence-electron chi connectivity index (χ3n) is 4.60. The summed E-state index contributed by atoms with van der Waals surface area (Å²) < 4.78 is 54.7. The molecule has 0 aliphatic heterocycles. The zero-order chi connectivity index (χ0) is 14.8. The van der Waals surface area contributed by atoms with E-state index < -0.39 is 39.7 Å². The summed E-state index contributed by atoms with van der Waals surface area (Å²) in [6.45, 7) is -0.177. The molecule has 2 bridgehead atoms. The van der Waals surface area contributed by atoms with Crippen molar-refractivity contribution in [1.82, 2.24) is 0 Å². The summed E-state index contributed by atoms with van der Waals surface area (Å²) in [5, 5.41) is 9.06. The number of hydrogen-bond donors (Lipinski definition) is 1. The van der Waals surface area contributed by atoms with Gasteiger partial charge in [-0.3, -0.25) is 4.79 Å². The molecule has 0 atom stereocenters. The molecule has 20 heavy (non-hydrogen) atoms. The Morgan fingerprint density at radius 3 is 2.35 bits per heavy atom. The average molecular weight is 288 g/mol. The van der Waals surface area contributed by atoms with E-state index in [1.54, 1.807) is 0 Å². The fourth-order valence-corrected chi connectivity index (χ4v) is 3.58. The molecule has 1 aromatic rings. The van der Waals surface area contributed by atoms with Crippen molar-refractivity contribution in [2.45, 2.75) is 25.2 Å². The summed E-state index contributed by atoms with van der Waals surface area (Å²) >= 11 is 0. The molecule has 3 saturated carbocycles. The predicted molar refractivity (Wildman–Crippen MR) is 61.4 cm³/mol. The van der Waals surface area contributed by atoms with Crippen LogP contribution in [0.5, 0.6) is 0 Å². The van der Waals surface area contributed by atoms with Crippen LogP contribution in [0.25, 0.3) is 0 Å². The zero-order valence-electron chi connectivity index (χ0n) is 10.4. The van der Waals surface area contributed by atoms with Gasteiger partial charge in [-0.15, -0.1) is 0 Å². The van der Waals surface area contributed by atoms with E-state index in [1.165, 1.54) is 0 Å². The highest BCUT2D eigenvalue weighted by Gasteiger charge is 2.78. The molecule has 3 fully saturated rings. The monoisotopic (exact) mass is 288 g/mol. The average Bonchev–Trinajstić information content (AvgIpc) is 2.24. The van der Waals surface area contributed by atoms with Crippen molar-refractivity contribution >= 4 is 5.78 Å². The van der Waals surface area contributed by atoms with Crippen molar-refractivity contribution in [2.24, 2.45) is 10.8 Å². The predicted octanol–water partition coefficient (Wildman–Crippen LogP) is 2.95. The zero-order valence-corrected chi connectivity index (χ0v) is 10.4. The van der Waals surface area contributed by atoms with Gasteiger partial charge in [0.2, 0.25) is 5.78 Å². The van der Waals surface area contributed by atoms with Crippen LogP contribution >= 0.6 is 0 Å². The fourth-order valence-electron chi connectivity index (χ4n) is 3.58. The van der Waals surface area contributed by atoms with Gasteiger partial charge in [-0.25, -0.2) is 8.78 Å². The van der Waals surface area contributed by atoms with Crippen LogP contribution in [-0.4, -0.2) is 23.4 Å². The van der Waals surface area contributed by atoms with Gasteiger partial charge in [0.25, 0.3) is 0 Å². The highest BCUT2D eigenvalue weighted by molar-refractivity contribution is 6.02. The highest BCUT2D eigenvalue weighted by Crippen LogP contribution is 2.78. The minimum Gasteiger partial charge on any atom is -0.396 e. The van der Waals surface area contributed by atoms with Crippen molar-refractivity contribution in [3.63, 3.8) is 0 Å². The van der Waals surface area contributed by atoms with Crippen LogP contribution in [0.2, 0.25) is 0 Å². The van der Waals surface area contributed by atoms with Crippen LogP contribution < -0.4 is 0 Å². The lowest BCUT2D eigenvalue weighted by Crippen LogP contribution is -2.72. The number of benzene rings is 1. The molecule has 0 spiro atoms. The van der Waals surface area contributed by atoms with E-state index in [1.807, 2.05) is 0 Å². The lowest BCUT2D eigenvalue weighted by Gasteiger charge is -2.71. The second kappa shape index (κ2) is 3.81. The van der Waals surface area contributed by atoms with Gasteiger partial charge in [0.15, 0.2) is 0 Å². The maximum atomic E-state index is 14.3. The Bertz CT molecular complexity index is 577. The number of aliphatic hydroxyl groups excluding tert-OH is 1. The smallest absolute Gasteiger partial charge is 0.315 e. The van der Waals surface area contributed by atoms with Crippen LogP contribution in [0.15, 0.2) is 18.2 Å². The standard InChI is InChI=1S/C14H12F4O2/c15-8-1-2-9(10(16)3-8)11(20)14(17,18)13-4-12(5-13,6-13)7-19/h1-3,19H,4-7H2. The Hall–Kier alpha value is -1.43. The number of Topliss-reactive ketones (excluding diaryl/α,β-unsaturated/α-hetero) is 1. The number of hydrogen-bond acceptors (Lipinski definition) is 2. The van der Waals surface area contributed by atoms with E-state index in [0.717, 1.165) is 12.1 Å². The molecule has 3 aliphatic carbocycles. The summed E-state index contributed by atoms with van der Waals surface area (Å²) in [5.41, 5.74) is -2.74. The first-order valence-corrected chi connectivity index (χ1v) is 6.24. The quantitative estimate of drug-likeness (QED) is 0.683. The minimum atomic E-state index is -3.69. The Balaban J connectivity index is 1.87. The summed E-state index contributed by atoms with van der Waals surface area (Å²) in [7, 11) is 0. The number of alkyl halides is 2. The summed E-state index contributed by atoms with van der Waals surface area (Å²) in [5.74, 6) is -7.51. The van der Waals surface area contributed by atoms with Crippen molar-refractivity contribution in [3.05, 3.63) is 35.4 Å². The van der Waals surface area contributed by atoms with Crippen molar-refractivity contribution in [3.8, 4) is 0 Å². The maximum absolute atomic E-state index is 14.3. The SMILES string of the molecule is O=C(c1ccc(F)cc1F)C(F)(F)C12CC(CO)(C1)C2. The van der Waals surface area contributed by atoms with Crippen molar-refractivity contribution in [1.29, 1.82) is 0 Å². The third-order valence-corrected chi connectivity index (χ3v) is 4.60. The topological polar surface area (TPSA) is 37.3 Å². The summed E-state index contributed by atoms with van der Waals surface area (Å²) in [4.78, 5) is 11.9. The fraction of sp³-hybridized carbons (Fsp3) is 0.500. The van der Waals surface area contributed by atoms with E-state index >= 15 is 0 Å². The third kappa shape index (κ3) is 1.51. The van der Waals surface area contributed by atoms with Crippen molar-refractivity contribution in [2.75, 3.05) is 6.61 Å². The van der Waals surface area contributed by atoms with Gasteiger partial charge in [0.05, 0.1) is 5.56 Å². The number of carbonyl (C=O) groups excluding carboxylic acids is 1. The number of ketones is 1. The Morgan fingerprint density at radius 1 is 1.25 bits per heavy atom. The van der Waals surface area contributed by atoms with Crippen molar-refractivity contribution < 1.29 is 27.5 Å². The van der Waals surface area contributed by atoms with E-state index in [9.17, 15) is 22.4 Å². The molecule has 0 amide bonds. The van der Waals surface area contributed by atoms with E-state index in [-0.39, 0.29) is 25.9 Å². The molecule has 108 valence electrons. The van der Waals surface area contributed by atoms with Gasteiger partial charge in [0.1, 0.15) is 11.6 Å². The molecule has 0 heterocycles. The number of aliphatic hydroxyl groups is 1. The Kier molecular flexibility index (Phi) is 2.58.